The van der Waals surface area contributed by atoms with Crippen LogP contribution in [0.4, 0.5) is 0 Å². The fourth-order valence-corrected chi connectivity index (χ4v) is 5.46. The number of nitrogens with one attached hydrogen (secondary N) is 5. The van der Waals surface area contributed by atoms with Crippen molar-refractivity contribution in [3.63, 3.8) is 0 Å². The Bertz CT molecular complexity index is 1510. The summed E-state index contributed by atoms with van der Waals surface area (Å²) in [7, 11) is 0. The Balaban J connectivity index is 1.70. The lowest BCUT2D eigenvalue weighted by Crippen LogP contribution is -2.57. The lowest BCUT2D eigenvalue weighted by atomic mass is 9.96. The van der Waals surface area contributed by atoms with Gasteiger partial charge in [0, 0.05) is 52.0 Å². The van der Waals surface area contributed by atoms with Crippen LogP contribution in [0.5, 0.6) is 5.75 Å². The van der Waals surface area contributed by atoms with E-state index in [-0.39, 0.29) is 69.9 Å². The monoisotopic (exact) mass is 712 g/mol. The van der Waals surface area contributed by atoms with E-state index in [2.05, 4.69) is 26.6 Å². The van der Waals surface area contributed by atoms with Crippen LogP contribution in [-0.2, 0) is 36.8 Å². The molecule has 17 heteroatoms. The zero-order valence-corrected chi connectivity index (χ0v) is 28.6. The number of rotatable bonds is 15. The Kier molecular flexibility index (Phi) is 16.2. The maximum Gasteiger partial charge on any atom is 0.243 e. The third-order valence-electron chi connectivity index (χ3n) is 8.46. The van der Waals surface area contributed by atoms with Crippen LogP contribution >= 0.6 is 0 Å². The van der Waals surface area contributed by atoms with Crippen LogP contribution in [0.1, 0.15) is 36.8 Å². The molecular formula is C34H52N10O7. The van der Waals surface area contributed by atoms with E-state index in [1.807, 2.05) is 12.1 Å². The number of phenolic OH excluding ortho intramolecular Hbond substituents is 1. The molecule has 1 aliphatic rings. The molecule has 0 saturated heterocycles. The molecule has 1 heterocycles. The predicted octanol–water partition coefficient (Wildman–Crippen LogP) is -3.70. The van der Waals surface area contributed by atoms with Gasteiger partial charge in [0.15, 0.2) is 0 Å². The van der Waals surface area contributed by atoms with Crippen molar-refractivity contribution in [3.05, 3.63) is 53.6 Å². The lowest BCUT2D eigenvalue weighted by molar-refractivity contribution is -0.133. The summed E-state index contributed by atoms with van der Waals surface area (Å²) in [5.41, 5.74) is 31.7. The summed E-state index contributed by atoms with van der Waals surface area (Å²) in [4.78, 5) is 64.5. The molecule has 5 amide bonds. The van der Waals surface area contributed by atoms with Gasteiger partial charge >= 0.3 is 0 Å². The smallest absolute Gasteiger partial charge is 0.243 e. The summed E-state index contributed by atoms with van der Waals surface area (Å²) < 4.78 is 0. The van der Waals surface area contributed by atoms with Crippen molar-refractivity contribution >= 4 is 29.5 Å². The van der Waals surface area contributed by atoms with E-state index in [4.69, 9.17) is 28.7 Å². The van der Waals surface area contributed by atoms with E-state index in [0.717, 1.165) is 11.1 Å². The van der Waals surface area contributed by atoms with Gasteiger partial charge in [0.1, 0.15) is 17.8 Å². The fourth-order valence-electron chi connectivity index (χ4n) is 5.46. The van der Waals surface area contributed by atoms with Gasteiger partial charge in [-0.05, 0) is 53.6 Å². The van der Waals surface area contributed by atoms with Crippen molar-refractivity contribution < 1.29 is 34.2 Å². The molecule has 2 aromatic rings. The number of benzene rings is 2. The molecule has 0 saturated carbocycles. The zero-order valence-electron chi connectivity index (χ0n) is 28.6. The molecule has 2 aromatic carbocycles. The molecule has 0 unspecified atom stereocenters. The van der Waals surface area contributed by atoms with Gasteiger partial charge in [-0.3, -0.25) is 24.0 Å². The van der Waals surface area contributed by atoms with E-state index in [1.54, 1.807) is 24.3 Å². The third kappa shape index (κ3) is 12.9. The van der Waals surface area contributed by atoms with E-state index in [1.165, 1.54) is 6.07 Å². The first-order chi connectivity index (χ1) is 24.3. The Hall–Kier alpha value is -4.65. The molecule has 0 fully saturated rings. The molecule has 17 N–H and O–H groups in total. The van der Waals surface area contributed by atoms with Gasteiger partial charge in [-0.15, -0.1) is 0 Å². The number of phenols is 1. The number of aromatic hydroxyl groups is 1. The van der Waals surface area contributed by atoms with Crippen LogP contribution in [0.15, 0.2) is 42.5 Å². The van der Waals surface area contributed by atoms with Crippen LogP contribution in [0, 0.1) is 0 Å². The molecule has 1 aliphatic heterocycles. The number of hydrogen-bond acceptors (Lipinski definition) is 12. The van der Waals surface area contributed by atoms with Crippen molar-refractivity contribution in [3.8, 4) is 16.9 Å². The number of aliphatic hydroxyl groups excluding tert-OH is 1. The first kappa shape index (κ1) is 40.8. The van der Waals surface area contributed by atoms with Crippen LogP contribution in [0.3, 0.4) is 0 Å². The topological polar surface area (TPSA) is 316 Å². The number of nitrogens with two attached hydrogens (primary N) is 5. The second kappa shape index (κ2) is 20.3. The highest BCUT2D eigenvalue weighted by Crippen LogP contribution is 2.28. The molecule has 280 valence electrons. The zero-order chi connectivity index (χ0) is 37.5. The van der Waals surface area contributed by atoms with Gasteiger partial charge < -0.3 is 65.5 Å². The number of amides is 5. The summed E-state index contributed by atoms with van der Waals surface area (Å²) in [6.45, 7) is 0.687. The van der Waals surface area contributed by atoms with Crippen LogP contribution < -0.4 is 55.3 Å². The van der Waals surface area contributed by atoms with Gasteiger partial charge in [0.05, 0.1) is 24.2 Å². The largest absolute Gasteiger partial charge is 0.508 e. The molecule has 17 nitrogen and oxygen atoms in total. The summed E-state index contributed by atoms with van der Waals surface area (Å²) in [6.07, 6.45) is -0.558. The number of carbonyl (C=O) groups is 5. The summed E-state index contributed by atoms with van der Waals surface area (Å²) in [6, 6.07) is 7.08. The quantitative estimate of drug-likeness (QED) is 0.0794. The molecule has 0 radical (unpaired) electrons. The molecule has 51 heavy (non-hydrogen) atoms. The van der Waals surface area contributed by atoms with Crippen LogP contribution in [0.25, 0.3) is 11.1 Å². The van der Waals surface area contributed by atoms with Gasteiger partial charge in [-0.1, -0.05) is 30.3 Å². The van der Waals surface area contributed by atoms with E-state index < -0.39 is 59.9 Å². The molecule has 6 atom stereocenters. The van der Waals surface area contributed by atoms with E-state index in [9.17, 15) is 34.2 Å². The fraction of sp³-hybridized carbons (Fsp3) is 0.500. The second-order valence-electron chi connectivity index (χ2n) is 12.6. The number of hydrogen-bond donors (Lipinski definition) is 12. The van der Waals surface area contributed by atoms with Crippen LogP contribution in [0.2, 0.25) is 0 Å². The Labute approximate surface area is 296 Å². The molecule has 0 aromatic heterocycles. The van der Waals surface area contributed by atoms with Crippen molar-refractivity contribution in [1.82, 2.24) is 26.6 Å². The minimum Gasteiger partial charge on any atom is -0.508 e. The molecule has 3 rings (SSSR count). The maximum absolute atomic E-state index is 13.6. The Morgan fingerprint density at radius 2 is 1.53 bits per heavy atom. The maximum atomic E-state index is 13.6. The van der Waals surface area contributed by atoms with Gasteiger partial charge in [-0.25, -0.2) is 0 Å². The normalized spacial score (nSPS) is 19.6. The minimum absolute atomic E-state index is 0.0299. The molecule has 0 spiro atoms. The lowest BCUT2D eigenvalue weighted by Gasteiger charge is -2.25. The van der Waals surface area contributed by atoms with Crippen molar-refractivity contribution in [2.75, 3.05) is 32.7 Å². The van der Waals surface area contributed by atoms with Gasteiger partial charge in [-0.2, -0.15) is 0 Å². The first-order valence-electron chi connectivity index (χ1n) is 17.0. The molecule has 4 bridgehead atoms. The molecular weight excluding hydrogens is 660 g/mol. The van der Waals surface area contributed by atoms with Gasteiger partial charge in [0.2, 0.25) is 29.5 Å². The Morgan fingerprint density at radius 1 is 0.843 bits per heavy atom. The standard InChI is InChI=1S/C34H52N10O7/c35-9-12-42-31(48)25(38)8-11-41-30(47)24(37)5-2-10-40-33(50)27-14-19-3-1-4-20(13-19)21-6-7-29(46)22(15-21)16-26(39)32(49)43-28(34(51)44-27)17-23(45)18-36/h1,3-4,6-7,13,15,23-28,45-46H,2,5,8-12,14,16-18,35-39H2,(H,40,50)(H,41,47)(H,42,48)(H,43,49)(H,44,51)/t23-,24+,25+,26+,27+,28+/m1/s1. The molecule has 0 aliphatic carbocycles. The first-order valence-corrected chi connectivity index (χ1v) is 17.0. The summed E-state index contributed by atoms with van der Waals surface area (Å²) in [5, 5.41) is 34.1. The highest BCUT2D eigenvalue weighted by atomic mass is 16.3. The highest BCUT2D eigenvalue weighted by Gasteiger charge is 2.30. The number of aliphatic hydroxyl groups is 1. The van der Waals surface area contributed by atoms with Gasteiger partial charge in [0.25, 0.3) is 0 Å². The van der Waals surface area contributed by atoms with E-state index in [0.29, 0.717) is 24.1 Å². The Morgan fingerprint density at radius 3 is 2.24 bits per heavy atom. The summed E-state index contributed by atoms with van der Waals surface area (Å²) >= 11 is 0. The van der Waals surface area contributed by atoms with Crippen molar-refractivity contribution in [1.29, 1.82) is 0 Å². The van der Waals surface area contributed by atoms with E-state index >= 15 is 0 Å². The number of carbonyl (C=O) groups excluding carboxylic acids is 5. The van der Waals surface area contributed by atoms with Crippen molar-refractivity contribution in [2.45, 2.75) is 74.8 Å². The predicted molar refractivity (Wildman–Crippen MR) is 190 cm³/mol. The number of fused-ring (bicyclic) bond motifs is 5. The third-order valence-corrected chi connectivity index (χ3v) is 8.46. The van der Waals surface area contributed by atoms with Crippen LogP contribution in [-0.4, -0.2) is 109 Å². The van der Waals surface area contributed by atoms with Crippen molar-refractivity contribution in [2.24, 2.45) is 28.7 Å². The highest BCUT2D eigenvalue weighted by molar-refractivity contribution is 5.93. The summed E-state index contributed by atoms with van der Waals surface area (Å²) in [5.74, 6) is -2.79. The average molecular weight is 713 g/mol. The minimum atomic E-state index is -1.28. The SMILES string of the molecule is NCCNC(=O)[C@@H](N)CCNC(=O)[C@@H](N)CCCNC(=O)[C@@H]1Cc2cccc(c2)-c2ccc(O)c(c2)C[C@H](N)C(=O)N[C@@H](C[C@@H](O)CN)C(=O)N1. The average Bonchev–Trinajstić information content (AvgIpc) is 3.11. The second-order valence-corrected chi connectivity index (χ2v) is 12.6.